The zero-order chi connectivity index (χ0) is 24.1. The maximum Gasteiger partial charge on any atom is 0.231 e. The molecule has 2 atom stereocenters. The minimum absolute atomic E-state index is 0.0442. The molecule has 0 amide bonds. The van der Waals surface area contributed by atoms with E-state index in [0.29, 0.717) is 17.9 Å². The van der Waals surface area contributed by atoms with Crippen molar-refractivity contribution in [1.82, 2.24) is 0 Å². The quantitative estimate of drug-likeness (QED) is 0.529. The molecule has 0 spiro atoms. The van der Waals surface area contributed by atoms with E-state index in [0.717, 1.165) is 51.6 Å². The van der Waals surface area contributed by atoms with Crippen molar-refractivity contribution in [2.75, 3.05) is 26.3 Å². The summed E-state index contributed by atoms with van der Waals surface area (Å²) in [5.74, 6) is 2.84. The van der Waals surface area contributed by atoms with Crippen LogP contribution in [0.4, 0.5) is 5.69 Å². The summed E-state index contributed by atoms with van der Waals surface area (Å²) < 4.78 is 22.2. The lowest BCUT2D eigenvalue weighted by Crippen LogP contribution is -2.29. The molecule has 0 unspecified atom stereocenters. The number of hydrogen-bond donors (Lipinski definition) is 1. The molecular weight excluding hydrogens is 442 g/mol. The molecule has 6 heteroatoms. The van der Waals surface area contributed by atoms with Crippen molar-refractivity contribution in [3.63, 3.8) is 0 Å². The van der Waals surface area contributed by atoms with Crippen molar-refractivity contribution < 1.29 is 23.7 Å². The Bertz CT molecular complexity index is 1360. The summed E-state index contributed by atoms with van der Waals surface area (Å²) in [6, 6.07) is 18.4. The third kappa shape index (κ3) is 3.60. The van der Waals surface area contributed by atoms with Crippen LogP contribution < -0.4 is 24.3 Å². The number of ketones is 1. The van der Waals surface area contributed by atoms with E-state index in [1.165, 1.54) is 5.56 Å². The van der Waals surface area contributed by atoms with E-state index in [1.54, 1.807) is 14.2 Å². The van der Waals surface area contributed by atoms with Gasteiger partial charge in [0, 0.05) is 35.4 Å². The van der Waals surface area contributed by atoms with Gasteiger partial charge < -0.3 is 24.3 Å². The second-order valence-electron chi connectivity index (χ2n) is 9.30. The fraction of sp³-hybridized carbons (Fsp3) is 0.276. The normalized spacial score (nSPS) is 20.1. The summed E-state index contributed by atoms with van der Waals surface area (Å²) in [5.41, 5.74) is 7.16. The van der Waals surface area contributed by atoms with Crippen LogP contribution in [0, 0.1) is 6.92 Å². The van der Waals surface area contributed by atoms with Crippen LogP contribution in [0.15, 0.2) is 65.9 Å². The highest BCUT2D eigenvalue weighted by Gasteiger charge is 2.39. The summed E-state index contributed by atoms with van der Waals surface area (Å²) in [4.78, 5) is 13.8. The molecule has 178 valence electrons. The summed E-state index contributed by atoms with van der Waals surface area (Å²) in [6.45, 7) is 2.28. The number of fused-ring (bicyclic) bond motifs is 2. The molecule has 3 aromatic rings. The molecular formula is C29H27NO5. The third-order valence-electron chi connectivity index (χ3n) is 7.23. The van der Waals surface area contributed by atoms with Crippen molar-refractivity contribution in [2.45, 2.75) is 31.6 Å². The van der Waals surface area contributed by atoms with Crippen LogP contribution in [0.2, 0.25) is 0 Å². The Morgan fingerprint density at radius 3 is 2.31 bits per heavy atom. The molecule has 0 saturated carbocycles. The first-order chi connectivity index (χ1) is 17.1. The predicted octanol–water partition coefficient (Wildman–Crippen LogP) is 5.70. The molecule has 0 radical (unpaired) electrons. The summed E-state index contributed by atoms with van der Waals surface area (Å²) in [7, 11) is 3.25. The smallest absolute Gasteiger partial charge is 0.231 e. The van der Waals surface area contributed by atoms with Gasteiger partial charge in [0.1, 0.15) is 0 Å². The zero-order valence-electron chi connectivity index (χ0n) is 20.0. The average molecular weight is 470 g/mol. The van der Waals surface area contributed by atoms with E-state index in [-0.39, 0.29) is 24.4 Å². The number of rotatable bonds is 4. The molecule has 1 N–H and O–H groups in total. The van der Waals surface area contributed by atoms with Gasteiger partial charge in [0.15, 0.2) is 28.8 Å². The van der Waals surface area contributed by atoms with E-state index in [4.69, 9.17) is 18.9 Å². The van der Waals surface area contributed by atoms with Gasteiger partial charge in [0.05, 0.1) is 14.2 Å². The number of allylic oxidation sites excluding steroid dienone is 2. The van der Waals surface area contributed by atoms with Crippen LogP contribution in [0.5, 0.6) is 23.0 Å². The first-order valence-corrected chi connectivity index (χ1v) is 11.8. The zero-order valence-corrected chi connectivity index (χ0v) is 20.0. The molecule has 6 nitrogen and oxygen atoms in total. The molecule has 6 rings (SSSR count). The highest BCUT2D eigenvalue weighted by molar-refractivity contribution is 6.02. The molecule has 3 aromatic carbocycles. The Balaban J connectivity index is 1.44. The Morgan fingerprint density at radius 2 is 1.57 bits per heavy atom. The second-order valence-corrected chi connectivity index (χ2v) is 9.30. The Hall–Kier alpha value is -3.93. The average Bonchev–Trinajstić information content (AvgIpc) is 3.33. The number of Topliss-reactive ketones (excluding diaryl/α,β-unsaturated/α-hetero) is 1. The Morgan fingerprint density at radius 1 is 0.857 bits per heavy atom. The minimum atomic E-state index is -0.157. The number of anilines is 1. The van der Waals surface area contributed by atoms with Crippen LogP contribution in [0.3, 0.4) is 0 Å². The maximum atomic E-state index is 13.8. The van der Waals surface area contributed by atoms with Gasteiger partial charge in [-0.2, -0.15) is 0 Å². The fourth-order valence-electron chi connectivity index (χ4n) is 5.45. The van der Waals surface area contributed by atoms with Crippen molar-refractivity contribution in [1.29, 1.82) is 0 Å². The summed E-state index contributed by atoms with van der Waals surface area (Å²) in [6.07, 6.45) is 1.17. The summed E-state index contributed by atoms with van der Waals surface area (Å²) >= 11 is 0. The van der Waals surface area contributed by atoms with E-state index in [1.807, 2.05) is 30.3 Å². The number of ether oxygens (including phenoxy) is 4. The summed E-state index contributed by atoms with van der Waals surface area (Å²) in [5, 5.41) is 3.59. The first-order valence-electron chi connectivity index (χ1n) is 11.8. The number of nitrogens with one attached hydrogen (secondary N) is 1. The second kappa shape index (κ2) is 8.38. The molecule has 2 heterocycles. The van der Waals surface area contributed by atoms with Crippen LogP contribution >= 0.6 is 0 Å². The standard InChI is InChI=1S/C29H27NO5/c1-16-4-6-17(7-5-16)28-20-13-26-27(35-15-34-26)14-21(20)30-22-10-19(11-23(31)29(22)28)18-8-9-24(32-2)25(12-18)33-3/h4-9,12-14,19,28,30H,10-11,15H2,1-3H3/t19-,28-/m0/s1. The van der Waals surface area contributed by atoms with Crippen LogP contribution in [0.25, 0.3) is 0 Å². The number of carbonyl (C=O) groups excluding carboxylic acids is 1. The Labute approximate surface area is 204 Å². The molecule has 1 aliphatic carbocycles. The maximum absolute atomic E-state index is 13.8. The van der Waals surface area contributed by atoms with Crippen molar-refractivity contribution in [2.24, 2.45) is 0 Å². The van der Waals surface area contributed by atoms with E-state index >= 15 is 0 Å². The lowest BCUT2D eigenvalue weighted by molar-refractivity contribution is -0.116. The van der Waals surface area contributed by atoms with E-state index in [2.05, 4.69) is 36.5 Å². The Kier molecular flexibility index (Phi) is 5.17. The number of benzene rings is 3. The van der Waals surface area contributed by atoms with Gasteiger partial charge in [-0.25, -0.2) is 0 Å². The highest BCUT2D eigenvalue weighted by atomic mass is 16.7. The number of carbonyl (C=O) groups is 1. The monoisotopic (exact) mass is 469 g/mol. The molecule has 0 aromatic heterocycles. The van der Waals surface area contributed by atoms with Gasteiger partial charge in [-0.05, 0) is 54.2 Å². The minimum Gasteiger partial charge on any atom is -0.493 e. The molecule has 35 heavy (non-hydrogen) atoms. The highest BCUT2D eigenvalue weighted by Crippen LogP contribution is 2.51. The largest absolute Gasteiger partial charge is 0.493 e. The van der Waals surface area contributed by atoms with Crippen molar-refractivity contribution in [3.05, 3.63) is 88.1 Å². The first kappa shape index (κ1) is 21.6. The van der Waals surface area contributed by atoms with Crippen LogP contribution in [0.1, 0.15) is 46.9 Å². The van der Waals surface area contributed by atoms with Crippen LogP contribution in [-0.4, -0.2) is 26.8 Å². The molecule has 2 aliphatic heterocycles. The van der Waals surface area contributed by atoms with E-state index < -0.39 is 0 Å². The van der Waals surface area contributed by atoms with Gasteiger partial charge >= 0.3 is 0 Å². The lowest BCUT2D eigenvalue weighted by Gasteiger charge is -2.37. The van der Waals surface area contributed by atoms with Gasteiger partial charge in [0.25, 0.3) is 0 Å². The number of hydrogen-bond acceptors (Lipinski definition) is 6. The molecule has 3 aliphatic rings. The van der Waals surface area contributed by atoms with Gasteiger partial charge in [-0.1, -0.05) is 35.9 Å². The van der Waals surface area contributed by atoms with Gasteiger partial charge in [-0.15, -0.1) is 0 Å². The third-order valence-corrected chi connectivity index (χ3v) is 7.23. The topological polar surface area (TPSA) is 66.0 Å². The van der Waals surface area contributed by atoms with Gasteiger partial charge in [0.2, 0.25) is 6.79 Å². The van der Waals surface area contributed by atoms with Crippen LogP contribution in [-0.2, 0) is 4.79 Å². The molecule has 0 fully saturated rings. The van der Waals surface area contributed by atoms with Gasteiger partial charge in [-0.3, -0.25) is 4.79 Å². The predicted molar refractivity (Wildman–Crippen MR) is 133 cm³/mol. The number of methoxy groups -OCH3 is 2. The van der Waals surface area contributed by atoms with Crippen molar-refractivity contribution >= 4 is 11.5 Å². The van der Waals surface area contributed by atoms with Crippen molar-refractivity contribution in [3.8, 4) is 23.0 Å². The SMILES string of the molecule is COc1ccc([C@@H]2CC(=O)C3=C(C2)Nc2cc4c(cc2[C@@H]3c2ccc(C)cc2)OCO4)cc1OC. The lowest BCUT2D eigenvalue weighted by atomic mass is 9.72. The number of aryl methyl sites for hydroxylation is 1. The fourth-order valence-corrected chi connectivity index (χ4v) is 5.45. The molecule has 0 saturated heterocycles. The molecule has 0 bridgehead atoms. The van der Waals surface area contributed by atoms with E-state index in [9.17, 15) is 4.79 Å².